The van der Waals surface area contributed by atoms with Crippen LogP contribution >= 0.6 is 0 Å². The van der Waals surface area contributed by atoms with Gasteiger partial charge in [0.25, 0.3) is 5.89 Å². The van der Waals surface area contributed by atoms with Gasteiger partial charge < -0.3 is 14.5 Å². The van der Waals surface area contributed by atoms with Gasteiger partial charge in [-0.2, -0.15) is 8.78 Å². The van der Waals surface area contributed by atoms with E-state index in [4.69, 9.17) is 4.42 Å². The van der Waals surface area contributed by atoms with Crippen LogP contribution in [0.2, 0.25) is 0 Å². The van der Waals surface area contributed by atoms with Crippen molar-refractivity contribution in [1.82, 2.24) is 15.5 Å². The zero-order valence-corrected chi connectivity index (χ0v) is 17.8. The SMILES string of the molecule is CCc1nnc(C(=O)[C@H](CC)NC(=O)CCS(=O)(=O)Cc2ccccc2OC(F)F)o1. The van der Waals surface area contributed by atoms with E-state index in [-0.39, 0.29) is 29.5 Å². The molecule has 170 valence electrons. The van der Waals surface area contributed by atoms with Gasteiger partial charge in [-0.25, -0.2) is 8.42 Å². The van der Waals surface area contributed by atoms with Gasteiger partial charge in [0.15, 0.2) is 9.84 Å². The third-order valence-electron chi connectivity index (χ3n) is 4.24. The van der Waals surface area contributed by atoms with Crippen LogP contribution in [0.1, 0.15) is 48.8 Å². The highest BCUT2D eigenvalue weighted by molar-refractivity contribution is 7.90. The summed E-state index contributed by atoms with van der Waals surface area (Å²) in [5, 5.41) is 9.81. The first-order valence-corrected chi connectivity index (χ1v) is 11.4. The number of hydrogen-bond acceptors (Lipinski definition) is 8. The molecule has 0 aliphatic carbocycles. The Balaban J connectivity index is 1.95. The third kappa shape index (κ3) is 7.39. The highest BCUT2D eigenvalue weighted by atomic mass is 32.2. The van der Waals surface area contributed by atoms with Crippen molar-refractivity contribution in [2.24, 2.45) is 0 Å². The predicted octanol–water partition coefficient (Wildman–Crippen LogP) is 2.32. The van der Waals surface area contributed by atoms with Gasteiger partial charge in [-0.1, -0.05) is 32.0 Å². The molecule has 1 atom stereocenters. The topological polar surface area (TPSA) is 128 Å². The summed E-state index contributed by atoms with van der Waals surface area (Å²) in [4.78, 5) is 24.6. The minimum atomic E-state index is -3.81. The first-order chi connectivity index (χ1) is 14.6. The fourth-order valence-corrected chi connectivity index (χ4v) is 4.01. The second-order valence-electron chi connectivity index (χ2n) is 6.58. The number of nitrogens with zero attached hydrogens (tertiary/aromatic N) is 2. The molecule has 1 aromatic heterocycles. The molecule has 1 aromatic carbocycles. The Kier molecular flexibility index (Phi) is 8.60. The average Bonchev–Trinajstić information content (AvgIpc) is 3.20. The molecule has 31 heavy (non-hydrogen) atoms. The van der Waals surface area contributed by atoms with Crippen LogP contribution in [-0.2, 0) is 26.8 Å². The maximum atomic E-state index is 12.5. The maximum Gasteiger partial charge on any atom is 0.387 e. The monoisotopic (exact) mass is 459 g/mol. The molecule has 0 bridgehead atoms. The Labute approximate surface area is 178 Å². The van der Waals surface area contributed by atoms with Crippen molar-refractivity contribution in [3.8, 4) is 5.75 Å². The van der Waals surface area contributed by atoms with Crippen molar-refractivity contribution in [2.45, 2.75) is 51.5 Å². The van der Waals surface area contributed by atoms with Crippen LogP contribution in [0.4, 0.5) is 8.78 Å². The van der Waals surface area contributed by atoms with E-state index >= 15 is 0 Å². The average molecular weight is 459 g/mol. The third-order valence-corrected chi connectivity index (χ3v) is 5.82. The first kappa shape index (κ1) is 24.4. The lowest BCUT2D eigenvalue weighted by molar-refractivity contribution is -0.121. The number of ketones is 1. The number of carbonyl (C=O) groups is 2. The minimum Gasteiger partial charge on any atom is -0.435 e. The second kappa shape index (κ2) is 10.9. The molecular weight excluding hydrogens is 436 g/mol. The van der Waals surface area contributed by atoms with E-state index in [0.717, 1.165) is 0 Å². The molecule has 2 rings (SSSR count). The first-order valence-electron chi connectivity index (χ1n) is 9.54. The number of hydrogen-bond donors (Lipinski definition) is 1. The molecule has 0 unspecified atom stereocenters. The van der Waals surface area contributed by atoms with E-state index < -0.39 is 52.1 Å². The number of ether oxygens (including phenoxy) is 1. The minimum absolute atomic E-state index is 0.0629. The van der Waals surface area contributed by atoms with E-state index in [1.165, 1.54) is 24.3 Å². The normalized spacial score (nSPS) is 12.5. The van der Waals surface area contributed by atoms with Gasteiger partial charge in [0, 0.05) is 18.4 Å². The van der Waals surface area contributed by atoms with E-state index in [1.807, 2.05) is 0 Å². The number of benzene rings is 1. The van der Waals surface area contributed by atoms with Crippen LogP contribution in [-0.4, -0.2) is 48.7 Å². The molecule has 0 saturated carbocycles. The number of sulfone groups is 1. The molecular formula is C19H23F2N3O6S. The van der Waals surface area contributed by atoms with Gasteiger partial charge in [-0.3, -0.25) is 9.59 Å². The molecule has 0 spiro atoms. The molecule has 0 aliphatic heterocycles. The lowest BCUT2D eigenvalue weighted by Crippen LogP contribution is -2.41. The number of halogens is 2. The van der Waals surface area contributed by atoms with E-state index in [9.17, 15) is 26.8 Å². The number of aryl methyl sites for hydroxylation is 1. The number of carbonyl (C=O) groups excluding carboxylic acids is 2. The van der Waals surface area contributed by atoms with Crippen LogP contribution in [0.3, 0.4) is 0 Å². The van der Waals surface area contributed by atoms with Gasteiger partial charge >= 0.3 is 6.61 Å². The molecule has 1 amide bonds. The van der Waals surface area contributed by atoms with E-state index in [1.54, 1.807) is 13.8 Å². The zero-order valence-electron chi connectivity index (χ0n) is 17.0. The van der Waals surface area contributed by atoms with Gasteiger partial charge in [-0.05, 0) is 12.5 Å². The largest absolute Gasteiger partial charge is 0.435 e. The summed E-state index contributed by atoms with van der Waals surface area (Å²) in [6.07, 6.45) is 0.278. The zero-order chi connectivity index (χ0) is 23.0. The second-order valence-corrected chi connectivity index (χ2v) is 8.76. The van der Waals surface area contributed by atoms with Gasteiger partial charge in [0.1, 0.15) is 5.75 Å². The predicted molar refractivity (Wildman–Crippen MR) is 105 cm³/mol. The number of alkyl halides is 2. The van der Waals surface area contributed by atoms with Gasteiger partial charge in [0.2, 0.25) is 17.6 Å². The molecule has 0 fully saturated rings. The lowest BCUT2D eigenvalue weighted by Gasteiger charge is -2.14. The number of amides is 1. The number of para-hydroxylation sites is 1. The quantitative estimate of drug-likeness (QED) is 0.479. The van der Waals surface area contributed by atoms with Crippen LogP contribution < -0.4 is 10.1 Å². The summed E-state index contributed by atoms with van der Waals surface area (Å²) >= 11 is 0. The molecule has 0 radical (unpaired) electrons. The van der Waals surface area contributed by atoms with E-state index in [2.05, 4.69) is 20.3 Å². The summed E-state index contributed by atoms with van der Waals surface area (Å²) in [5.41, 5.74) is 0.0629. The van der Waals surface area contributed by atoms with Crippen molar-refractivity contribution in [1.29, 1.82) is 0 Å². The van der Waals surface area contributed by atoms with Crippen molar-refractivity contribution in [3.05, 3.63) is 41.6 Å². The standard InChI is InChI=1S/C19H23F2N3O6S/c1-3-13(17(26)18-24-23-16(4-2)30-18)22-15(25)9-10-31(27,28)11-12-7-5-6-8-14(12)29-19(20)21/h5-8,13,19H,3-4,9-11H2,1-2H3,(H,22,25)/t13-/m0/s1. The Hall–Kier alpha value is -2.89. The highest BCUT2D eigenvalue weighted by Crippen LogP contribution is 2.23. The van der Waals surface area contributed by atoms with Crippen molar-refractivity contribution >= 4 is 21.5 Å². The molecule has 0 saturated heterocycles. The Morgan fingerprint density at radius 3 is 2.52 bits per heavy atom. The Morgan fingerprint density at radius 2 is 1.90 bits per heavy atom. The summed E-state index contributed by atoms with van der Waals surface area (Å²) in [5.74, 6) is -2.51. The molecule has 12 heteroatoms. The summed E-state index contributed by atoms with van der Waals surface area (Å²) in [6, 6.07) is 4.59. The van der Waals surface area contributed by atoms with Crippen LogP contribution in [0.5, 0.6) is 5.75 Å². The maximum absolute atomic E-state index is 12.5. The van der Waals surface area contributed by atoms with Crippen molar-refractivity contribution < 1.29 is 35.9 Å². The molecule has 9 nitrogen and oxygen atoms in total. The Morgan fingerprint density at radius 1 is 1.19 bits per heavy atom. The van der Waals surface area contributed by atoms with Crippen LogP contribution in [0, 0.1) is 0 Å². The van der Waals surface area contributed by atoms with Gasteiger partial charge in [-0.15, -0.1) is 10.2 Å². The molecule has 2 aromatic rings. The fraction of sp³-hybridized carbons (Fsp3) is 0.474. The molecule has 0 aliphatic rings. The highest BCUT2D eigenvalue weighted by Gasteiger charge is 2.26. The fourth-order valence-electron chi connectivity index (χ4n) is 2.66. The van der Waals surface area contributed by atoms with Crippen LogP contribution in [0.25, 0.3) is 0 Å². The Bertz CT molecular complexity index is 1010. The summed E-state index contributed by atoms with van der Waals surface area (Å²) in [7, 11) is -3.81. The number of rotatable bonds is 12. The summed E-state index contributed by atoms with van der Waals surface area (Å²) < 4.78 is 59.2. The van der Waals surface area contributed by atoms with Crippen molar-refractivity contribution in [2.75, 3.05) is 5.75 Å². The number of Topliss-reactive ketones (excluding diaryl/α,β-unsaturated/α-hetero) is 1. The van der Waals surface area contributed by atoms with Crippen molar-refractivity contribution in [3.63, 3.8) is 0 Å². The molecule has 1 heterocycles. The number of aromatic nitrogens is 2. The lowest BCUT2D eigenvalue weighted by atomic mass is 10.1. The number of nitrogens with one attached hydrogen (secondary N) is 1. The smallest absolute Gasteiger partial charge is 0.387 e. The summed E-state index contributed by atoms with van der Waals surface area (Å²) in [6.45, 7) is 0.348. The van der Waals surface area contributed by atoms with Gasteiger partial charge in [0.05, 0.1) is 17.5 Å². The molecule has 1 N–H and O–H groups in total. The van der Waals surface area contributed by atoms with E-state index in [0.29, 0.717) is 6.42 Å². The van der Waals surface area contributed by atoms with Crippen LogP contribution in [0.15, 0.2) is 28.7 Å².